The van der Waals surface area contributed by atoms with E-state index in [0.717, 1.165) is 6.42 Å². The minimum Gasteiger partial charge on any atom is -0.484 e. The highest BCUT2D eigenvalue weighted by Crippen LogP contribution is 2.23. The topological polar surface area (TPSA) is 67.4 Å². The Morgan fingerprint density at radius 2 is 1.85 bits per heavy atom. The Morgan fingerprint density at radius 3 is 2.40 bits per heavy atom. The van der Waals surface area contributed by atoms with E-state index in [4.69, 9.17) is 27.9 Å². The third-order valence-corrected chi connectivity index (χ3v) is 2.89. The number of ether oxygens (including phenoxy) is 1. The minimum absolute atomic E-state index is 0.00421. The van der Waals surface area contributed by atoms with Gasteiger partial charge in [0.15, 0.2) is 6.61 Å². The molecule has 2 N–H and O–H groups in total. The van der Waals surface area contributed by atoms with Crippen molar-refractivity contribution in [1.82, 2.24) is 10.6 Å². The summed E-state index contributed by atoms with van der Waals surface area (Å²) < 4.78 is 5.20. The summed E-state index contributed by atoms with van der Waals surface area (Å²) in [6.45, 7) is 3.47. The predicted octanol–water partition coefficient (Wildman–Crippen LogP) is 3.00. The van der Waals surface area contributed by atoms with Gasteiger partial charge >= 0.3 is 6.03 Å². The second-order valence-electron chi connectivity index (χ2n) is 4.22. The molecule has 0 spiro atoms. The Hall–Kier alpha value is -1.46. The minimum atomic E-state index is -0.554. The highest BCUT2D eigenvalue weighted by Gasteiger charge is 2.10. The van der Waals surface area contributed by atoms with E-state index in [1.54, 1.807) is 6.07 Å². The van der Waals surface area contributed by atoms with Gasteiger partial charge in [0.1, 0.15) is 5.75 Å². The zero-order chi connectivity index (χ0) is 15.1. The van der Waals surface area contributed by atoms with Crippen molar-refractivity contribution in [3.63, 3.8) is 0 Å². The lowest BCUT2D eigenvalue weighted by Crippen LogP contribution is -2.44. The first-order valence-corrected chi connectivity index (χ1v) is 6.85. The van der Waals surface area contributed by atoms with Gasteiger partial charge in [0.25, 0.3) is 5.91 Å². The van der Waals surface area contributed by atoms with Crippen LogP contribution in [0.25, 0.3) is 0 Å². The number of hydrogen-bond acceptors (Lipinski definition) is 3. The molecule has 1 aromatic rings. The van der Waals surface area contributed by atoms with Crippen molar-refractivity contribution in [1.29, 1.82) is 0 Å². The zero-order valence-corrected chi connectivity index (χ0v) is 12.7. The van der Waals surface area contributed by atoms with Crippen LogP contribution in [0.5, 0.6) is 5.75 Å². The van der Waals surface area contributed by atoms with Crippen LogP contribution in [-0.4, -0.2) is 24.6 Å². The van der Waals surface area contributed by atoms with Crippen LogP contribution in [0.4, 0.5) is 4.79 Å². The number of amides is 3. The van der Waals surface area contributed by atoms with E-state index in [-0.39, 0.29) is 12.6 Å². The number of halogens is 2. The Morgan fingerprint density at radius 1 is 1.25 bits per heavy atom. The fourth-order valence-corrected chi connectivity index (χ4v) is 1.79. The molecule has 20 heavy (non-hydrogen) atoms. The van der Waals surface area contributed by atoms with Crippen molar-refractivity contribution < 1.29 is 14.3 Å². The number of carbonyl (C=O) groups excluding carboxylic acids is 2. The van der Waals surface area contributed by atoms with Gasteiger partial charge in [-0.1, -0.05) is 30.1 Å². The standard InChI is InChI=1S/C13H16Cl2N2O3/c1-3-8(2)16-13(19)17-12(18)7-20-11-5-9(14)4-10(15)6-11/h4-6,8H,3,7H2,1-2H3,(H2,16,17,18,19)/t8-/m0/s1. The maximum atomic E-state index is 11.5. The van der Waals surface area contributed by atoms with E-state index in [1.807, 2.05) is 13.8 Å². The molecule has 1 atom stereocenters. The fourth-order valence-electron chi connectivity index (χ4n) is 1.29. The molecule has 0 unspecified atom stereocenters. The molecule has 0 aromatic heterocycles. The van der Waals surface area contributed by atoms with Crippen LogP contribution in [0.1, 0.15) is 20.3 Å². The van der Waals surface area contributed by atoms with Crippen molar-refractivity contribution in [3.05, 3.63) is 28.2 Å². The van der Waals surface area contributed by atoms with Gasteiger partial charge in [-0.3, -0.25) is 10.1 Å². The molecular weight excluding hydrogens is 303 g/mol. The number of urea groups is 1. The molecule has 0 aliphatic heterocycles. The van der Waals surface area contributed by atoms with Gasteiger partial charge < -0.3 is 10.1 Å². The third-order valence-electron chi connectivity index (χ3n) is 2.45. The van der Waals surface area contributed by atoms with Gasteiger partial charge in [0.2, 0.25) is 0 Å². The Labute approximate surface area is 127 Å². The van der Waals surface area contributed by atoms with Gasteiger partial charge in [-0.2, -0.15) is 0 Å². The summed E-state index contributed by atoms with van der Waals surface area (Å²) in [6, 6.07) is 4.06. The molecule has 0 aliphatic rings. The van der Waals surface area contributed by atoms with Gasteiger partial charge in [-0.05, 0) is 31.5 Å². The fraction of sp³-hybridized carbons (Fsp3) is 0.385. The number of benzene rings is 1. The quantitative estimate of drug-likeness (QED) is 0.877. The van der Waals surface area contributed by atoms with Gasteiger partial charge in [0, 0.05) is 16.1 Å². The zero-order valence-electron chi connectivity index (χ0n) is 11.2. The summed E-state index contributed by atoms with van der Waals surface area (Å²) in [6.07, 6.45) is 0.777. The first-order chi connectivity index (χ1) is 9.40. The van der Waals surface area contributed by atoms with Crippen LogP contribution in [0.3, 0.4) is 0 Å². The lowest BCUT2D eigenvalue weighted by atomic mass is 10.3. The van der Waals surface area contributed by atoms with Gasteiger partial charge in [-0.15, -0.1) is 0 Å². The average molecular weight is 319 g/mol. The average Bonchev–Trinajstić information content (AvgIpc) is 2.34. The Balaban J connectivity index is 2.41. The molecule has 3 amide bonds. The third kappa shape index (κ3) is 6.12. The molecule has 0 fully saturated rings. The summed E-state index contributed by atoms with van der Waals surface area (Å²) in [5, 5.41) is 5.58. The molecule has 0 heterocycles. The second kappa shape index (κ2) is 7.97. The van der Waals surface area contributed by atoms with Gasteiger partial charge in [0.05, 0.1) is 0 Å². The van der Waals surface area contributed by atoms with Crippen LogP contribution in [0.2, 0.25) is 10.0 Å². The summed E-state index contributed by atoms with van der Waals surface area (Å²) >= 11 is 11.6. The van der Waals surface area contributed by atoms with E-state index in [2.05, 4.69) is 10.6 Å². The normalized spacial score (nSPS) is 11.6. The predicted molar refractivity (Wildman–Crippen MR) is 78.4 cm³/mol. The first-order valence-electron chi connectivity index (χ1n) is 6.10. The molecule has 110 valence electrons. The molecule has 0 saturated carbocycles. The molecule has 0 saturated heterocycles. The van der Waals surface area contributed by atoms with E-state index in [1.165, 1.54) is 12.1 Å². The Bertz CT molecular complexity index is 474. The highest BCUT2D eigenvalue weighted by molar-refractivity contribution is 6.34. The lowest BCUT2D eigenvalue weighted by molar-refractivity contribution is -0.122. The smallest absolute Gasteiger partial charge is 0.321 e. The van der Waals surface area contributed by atoms with E-state index in [0.29, 0.717) is 15.8 Å². The van der Waals surface area contributed by atoms with E-state index < -0.39 is 11.9 Å². The van der Waals surface area contributed by atoms with Crippen LogP contribution >= 0.6 is 23.2 Å². The molecule has 1 rings (SSSR count). The van der Waals surface area contributed by atoms with Crippen molar-refractivity contribution in [2.24, 2.45) is 0 Å². The molecular formula is C13H16Cl2N2O3. The van der Waals surface area contributed by atoms with Crippen LogP contribution in [0.15, 0.2) is 18.2 Å². The number of carbonyl (C=O) groups is 2. The largest absolute Gasteiger partial charge is 0.484 e. The SMILES string of the molecule is CC[C@H](C)NC(=O)NC(=O)COc1cc(Cl)cc(Cl)c1. The number of imide groups is 1. The maximum Gasteiger partial charge on any atom is 0.321 e. The summed E-state index contributed by atoms with van der Waals surface area (Å²) in [7, 11) is 0. The molecule has 7 heteroatoms. The van der Waals surface area contributed by atoms with Crippen LogP contribution in [0, 0.1) is 0 Å². The summed E-state index contributed by atoms with van der Waals surface area (Å²) in [5.41, 5.74) is 0. The van der Waals surface area contributed by atoms with Crippen LogP contribution < -0.4 is 15.4 Å². The Kier molecular flexibility index (Phi) is 6.61. The van der Waals surface area contributed by atoms with Crippen LogP contribution in [-0.2, 0) is 4.79 Å². The summed E-state index contributed by atoms with van der Waals surface area (Å²) in [5.74, 6) is -0.193. The number of nitrogens with one attached hydrogen (secondary N) is 2. The van der Waals surface area contributed by atoms with Crippen molar-refractivity contribution in [2.75, 3.05) is 6.61 Å². The van der Waals surface area contributed by atoms with E-state index in [9.17, 15) is 9.59 Å². The van der Waals surface area contributed by atoms with Crippen molar-refractivity contribution in [2.45, 2.75) is 26.3 Å². The van der Waals surface area contributed by atoms with Crippen molar-refractivity contribution >= 4 is 35.1 Å². The second-order valence-corrected chi connectivity index (χ2v) is 5.10. The van der Waals surface area contributed by atoms with E-state index >= 15 is 0 Å². The first kappa shape index (κ1) is 16.6. The highest BCUT2D eigenvalue weighted by atomic mass is 35.5. The summed E-state index contributed by atoms with van der Waals surface area (Å²) in [4.78, 5) is 22.9. The molecule has 5 nitrogen and oxygen atoms in total. The number of rotatable bonds is 5. The lowest BCUT2D eigenvalue weighted by Gasteiger charge is -2.12. The molecule has 0 bridgehead atoms. The maximum absolute atomic E-state index is 11.5. The number of hydrogen-bond donors (Lipinski definition) is 2. The monoisotopic (exact) mass is 318 g/mol. The molecule has 0 aliphatic carbocycles. The molecule has 1 aromatic carbocycles. The van der Waals surface area contributed by atoms with Crippen molar-refractivity contribution in [3.8, 4) is 5.75 Å². The van der Waals surface area contributed by atoms with Gasteiger partial charge in [-0.25, -0.2) is 4.79 Å². The molecule has 0 radical (unpaired) electrons.